The lowest BCUT2D eigenvalue weighted by Crippen LogP contribution is -2.44. The fourth-order valence-corrected chi connectivity index (χ4v) is 10.7. The van der Waals surface area contributed by atoms with Crippen molar-refractivity contribution in [2.24, 2.45) is 0 Å². The van der Waals surface area contributed by atoms with Crippen LogP contribution in [0, 0.1) is 0 Å². The van der Waals surface area contributed by atoms with Gasteiger partial charge in [0.2, 0.25) is 0 Å². The average molecular weight is 657 g/mol. The third-order valence-electron chi connectivity index (χ3n) is 12.5. The third kappa shape index (κ3) is 3.25. The average Bonchev–Trinajstić information content (AvgIpc) is 3.68. The molecule has 2 spiro atoms. The molecule has 0 atom stereocenters. The van der Waals surface area contributed by atoms with E-state index in [1.165, 1.54) is 99.4 Å². The molecule has 0 heteroatoms. The zero-order valence-electron chi connectivity index (χ0n) is 28.5. The minimum absolute atomic E-state index is 0.486. The van der Waals surface area contributed by atoms with Gasteiger partial charge in [0.25, 0.3) is 0 Å². The van der Waals surface area contributed by atoms with E-state index in [0.29, 0.717) is 0 Å². The van der Waals surface area contributed by atoms with E-state index in [2.05, 4.69) is 194 Å². The molecule has 240 valence electrons. The number of hydrogen-bond donors (Lipinski definition) is 0. The van der Waals surface area contributed by atoms with Crippen LogP contribution in [0.2, 0.25) is 0 Å². The van der Waals surface area contributed by atoms with Gasteiger partial charge in [-0.2, -0.15) is 0 Å². The topological polar surface area (TPSA) is 0 Å². The van der Waals surface area contributed by atoms with Crippen molar-refractivity contribution in [1.82, 2.24) is 0 Å². The van der Waals surface area contributed by atoms with Crippen molar-refractivity contribution < 1.29 is 0 Å². The summed E-state index contributed by atoms with van der Waals surface area (Å²) in [5, 5.41) is 5.12. The molecule has 3 aliphatic rings. The Bertz CT molecular complexity index is 2890. The van der Waals surface area contributed by atoms with Crippen molar-refractivity contribution in [3.05, 3.63) is 239 Å². The summed E-state index contributed by atoms with van der Waals surface area (Å²) >= 11 is 0. The molecule has 0 aliphatic heterocycles. The summed E-state index contributed by atoms with van der Waals surface area (Å²) in [6.45, 7) is 0. The van der Waals surface area contributed by atoms with Gasteiger partial charge in [0.15, 0.2) is 0 Å². The number of hydrogen-bond acceptors (Lipinski definition) is 0. The smallest absolute Gasteiger partial charge is 0.0619 e. The standard InChI is InChI=1S/C52H32/c1-2-15-36-33(14-1)28-29-34-32-35(30-31-37(34)36)38-20-13-27-49-50(38)52(45-23-9-5-18-41(45)42-19-6-10-24-46(42)52)48-26-12-11-25-47(48)51(49)43-21-7-3-16-39(43)40-17-4-8-22-44(40)51/h1-32H. The van der Waals surface area contributed by atoms with E-state index in [1.807, 2.05) is 0 Å². The maximum absolute atomic E-state index is 2.45. The molecule has 0 heterocycles. The summed E-state index contributed by atoms with van der Waals surface area (Å²) in [4.78, 5) is 0. The fraction of sp³-hybridized carbons (Fsp3) is 0.0385. The molecular weight excluding hydrogens is 625 g/mol. The fourth-order valence-electron chi connectivity index (χ4n) is 10.7. The van der Waals surface area contributed by atoms with E-state index >= 15 is 0 Å². The molecule has 0 radical (unpaired) electrons. The normalized spacial score (nSPS) is 14.8. The Balaban J connectivity index is 1.29. The first kappa shape index (κ1) is 28.2. The second-order valence-electron chi connectivity index (χ2n) is 14.7. The molecule has 0 saturated carbocycles. The molecule has 3 aliphatic carbocycles. The van der Waals surface area contributed by atoms with Crippen LogP contribution in [0.1, 0.15) is 44.5 Å². The zero-order valence-corrected chi connectivity index (χ0v) is 28.5. The van der Waals surface area contributed by atoms with E-state index in [-0.39, 0.29) is 0 Å². The Morgan fingerprint density at radius 3 is 1.29 bits per heavy atom. The Hall–Kier alpha value is -6.50. The van der Waals surface area contributed by atoms with Gasteiger partial charge in [0.05, 0.1) is 10.8 Å². The highest BCUT2D eigenvalue weighted by molar-refractivity contribution is 6.08. The Labute approximate surface area is 303 Å². The highest BCUT2D eigenvalue weighted by atomic mass is 14.6. The van der Waals surface area contributed by atoms with Gasteiger partial charge in [0, 0.05) is 0 Å². The molecule has 0 N–H and O–H groups in total. The van der Waals surface area contributed by atoms with Gasteiger partial charge >= 0.3 is 0 Å². The molecule has 52 heavy (non-hydrogen) atoms. The number of rotatable bonds is 1. The summed E-state index contributed by atoms with van der Waals surface area (Å²) in [7, 11) is 0. The quantitative estimate of drug-likeness (QED) is 0.154. The first-order valence-electron chi connectivity index (χ1n) is 18.4. The van der Waals surface area contributed by atoms with Crippen molar-refractivity contribution in [3.8, 4) is 33.4 Å². The van der Waals surface area contributed by atoms with Crippen LogP contribution in [0.15, 0.2) is 194 Å². The molecule has 0 unspecified atom stereocenters. The van der Waals surface area contributed by atoms with Crippen LogP contribution in [0.5, 0.6) is 0 Å². The van der Waals surface area contributed by atoms with Gasteiger partial charge in [-0.25, -0.2) is 0 Å². The molecule has 12 rings (SSSR count). The molecule has 9 aromatic rings. The van der Waals surface area contributed by atoms with Crippen molar-refractivity contribution in [1.29, 1.82) is 0 Å². The maximum Gasteiger partial charge on any atom is 0.0725 e. The van der Waals surface area contributed by atoms with Crippen LogP contribution >= 0.6 is 0 Å². The number of benzene rings is 9. The van der Waals surface area contributed by atoms with Crippen LogP contribution in [0.3, 0.4) is 0 Å². The van der Waals surface area contributed by atoms with Crippen LogP contribution < -0.4 is 0 Å². The summed E-state index contributed by atoms with van der Waals surface area (Å²) in [5.41, 5.74) is 17.7. The molecular formula is C52H32. The van der Waals surface area contributed by atoms with Gasteiger partial charge in [0.1, 0.15) is 0 Å². The largest absolute Gasteiger partial charge is 0.0725 e. The molecule has 0 bridgehead atoms. The molecule has 0 nitrogen and oxygen atoms in total. The highest BCUT2D eigenvalue weighted by Gasteiger charge is 2.59. The monoisotopic (exact) mass is 656 g/mol. The predicted octanol–water partition coefficient (Wildman–Crippen LogP) is 12.7. The SMILES string of the molecule is c1ccc2c(c1)-c1ccccc1C21c2ccccc2C2(c3ccccc3-c3ccccc32)c2c(-c3ccc4c(ccc5ccccc54)c3)cccc21. The minimum Gasteiger partial charge on any atom is -0.0619 e. The van der Waals surface area contributed by atoms with Gasteiger partial charge in [-0.05, 0) is 105 Å². The van der Waals surface area contributed by atoms with Crippen molar-refractivity contribution in [2.75, 3.05) is 0 Å². The number of fused-ring (bicyclic) bond motifs is 19. The third-order valence-corrected chi connectivity index (χ3v) is 12.5. The Morgan fingerprint density at radius 1 is 0.250 bits per heavy atom. The van der Waals surface area contributed by atoms with E-state index in [1.54, 1.807) is 0 Å². The minimum atomic E-state index is -0.522. The van der Waals surface area contributed by atoms with Gasteiger partial charge in [-0.3, -0.25) is 0 Å². The lowest BCUT2D eigenvalue weighted by molar-refractivity contribution is 0.634. The van der Waals surface area contributed by atoms with E-state index in [9.17, 15) is 0 Å². The second kappa shape index (κ2) is 10.1. The summed E-state index contributed by atoms with van der Waals surface area (Å²) < 4.78 is 0. The van der Waals surface area contributed by atoms with Crippen molar-refractivity contribution >= 4 is 21.5 Å². The van der Waals surface area contributed by atoms with E-state index in [4.69, 9.17) is 0 Å². The summed E-state index contributed by atoms with van der Waals surface area (Å²) in [6, 6.07) is 73.6. The van der Waals surface area contributed by atoms with Crippen LogP contribution in [0.25, 0.3) is 54.9 Å². The van der Waals surface area contributed by atoms with Crippen molar-refractivity contribution in [3.63, 3.8) is 0 Å². The van der Waals surface area contributed by atoms with Crippen molar-refractivity contribution in [2.45, 2.75) is 10.8 Å². The Kier molecular flexibility index (Phi) is 5.46. The predicted molar refractivity (Wildman–Crippen MR) is 215 cm³/mol. The first-order chi connectivity index (χ1) is 25.8. The highest BCUT2D eigenvalue weighted by Crippen LogP contribution is 2.68. The van der Waals surface area contributed by atoms with Crippen LogP contribution in [0.4, 0.5) is 0 Å². The lowest BCUT2D eigenvalue weighted by Gasteiger charge is -2.49. The molecule has 0 fully saturated rings. The Morgan fingerprint density at radius 2 is 0.673 bits per heavy atom. The van der Waals surface area contributed by atoms with Gasteiger partial charge in [-0.15, -0.1) is 0 Å². The summed E-state index contributed by atoms with van der Waals surface area (Å²) in [5.74, 6) is 0. The maximum atomic E-state index is 2.45. The van der Waals surface area contributed by atoms with E-state index < -0.39 is 10.8 Å². The molecule has 0 saturated heterocycles. The second-order valence-corrected chi connectivity index (χ2v) is 14.7. The molecule has 0 amide bonds. The zero-order chi connectivity index (χ0) is 34.0. The molecule has 9 aromatic carbocycles. The van der Waals surface area contributed by atoms with Gasteiger partial charge < -0.3 is 0 Å². The lowest BCUT2D eigenvalue weighted by atomic mass is 9.51. The van der Waals surface area contributed by atoms with Crippen LogP contribution in [-0.2, 0) is 10.8 Å². The van der Waals surface area contributed by atoms with Crippen LogP contribution in [-0.4, -0.2) is 0 Å². The summed E-state index contributed by atoms with van der Waals surface area (Å²) in [6.07, 6.45) is 0. The van der Waals surface area contributed by atoms with E-state index in [0.717, 1.165) is 0 Å². The molecule has 0 aromatic heterocycles. The van der Waals surface area contributed by atoms with Gasteiger partial charge in [-0.1, -0.05) is 188 Å². The first-order valence-corrected chi connectivity index (χ1v) is 18.4.